The summed E-state index contributed by atoms with van der Waals surface area (Å²) in [4.78, 5) is 0. The lowest BCUT2D eigenvalue weighted by Crippen LogP contribution is -2.17. The van der Waals surface area contributed by atoms with Crippen molar-refractivity contribution in [2.45, 2.75) is 12.8 Å². The summed E-state index contributed by atoms with van der Waals surface area (Å²) in [7, 11) is 0. The molecule has 0 bridgehead atoms. The van der Waals surface area contributed by atoms with E-state index in [4.69, 9.17) is 4.74 Å². The molecule has 0 spiro atoms. The molecule has 1 N–H and O–H groups in total. The molecule has 0 unspecified atom stereocenters. The van der Waals surface area contributed by atoms with Crippen LogP contribution in [-0.2, 0) is 4.74 Å². The van der Waals surface area contributed by atoms with Gasteiger partial charge in [0.15, 0.2) is 0 Å². The van der Waals surface area contributed by atoms with Gasteiger partial charge in [-0.05, 0) is 37.8 Å². The number of hydrogen-bond acceptors (Lipinski definition) is 2. The highest BCUT2D eigenvalue weighted by Gasteiger charge is 2.27. The molecular weight excluding hydrogens is 126 g/mol. The zero-order chi connectivity index (χ0) is 6.81. The molecule has 2 heterocycles. The van der Waals surface area contributed by atoms with E-state index < -0.39 is 0 Å². The van der Waals surface area contributed by atoms with Crippen LogP contribution in [0, 0.1) is 11.8 Å². The largest absolute Gasteiger partial charge is 0.381 e. The number of nitrogens with one attached hydrogen (secondary N) is 1. The van der Waals surface area contributed by atoms with Gasteiger partial charge in [0.05, 0.1) is 0 Å². The summed E-state index contributed by atoms with van der Waals surface area (Å²) in [6, 6.07) is 0. The van der Waals surface area contributed by atoms with E-state index in [-0.39, 0.29) is 0 Å². The van der Waals surface area contributed by atoms with Crippen LogP contribution in [0.5, 0.6) is 0 Å². The minimum Gasteiger partial charge on any atom is -0.381 e. The maximum atomic E-state index is 5.34. The maximum Gasteiger partial charge on any atom is 0.0498 e. The van der Waals surface area contributed by atoms with Gasteiger partial charge in [-0.25, -0.2) is 0 Å². The van der Waals surface area contributed by atoms with Crippen molar-refractivity contribution in [3.63, 3.8) is 0 Å². The number of hydrogen-bond donors (Lipinski definition) is 1. The SMILES string of the molecule is C1C[C@H]([C@@H]2CCOC2)CN1. The van der Waals surface area contributed by atoms with Gasteiger partial charge in [0.2, 0.25) is 0 Å². The van der Waals surface area contributed by atoms with Crippen LogP contribution in [0.3, 0.4) is 0 Å². The Morgan fingerprint density at radius 3 is 2.80 bits per heavy atom. The Morgan fingerprint density at radius 2 is 2.20 bits per heavy atom. The second-order valence-electron chi connectivity index (χ2n) is 3.38. The quantitative estimate of drug-likeness (QED) is 0.578. The lowest BCUT2D eigenvalue weighted by molar-refractivity contribution is 0.174. The third kappa shape index (κ3) is 1.18. The van der Waals surface area contributed by atoms with Crippen molar-refractivity contribution in [2.24, 2.45) is 11.8 Å². The van der Waals surface area contributed by atoms with Crippen LogP contribution in [0.1, 0.15) is 12.8 Å². The van der Waals surface area contributed by atoms with Crippen LogP contribution in [0.15, 0.2) is 0 Å². The summed E-state index contributed by atoms with van der Waals surface area (Å²) < 4.78 is 5.34. The minimum atomic E-state index is 0.870. The van der Waals surface area contributed by atoms with E-state index in [1.807, 2.05) is 0 Å². The van der Waals surface area contributed by atoms with Gasteiger partial charge >= 0.3 is 0 Å². The van der Waals surface area contributed by atoms with Gasteiger partial charge in [0.25, 0.3) is 0 Å². The van der Waals surface area contributed by atoms with E-state index in [0.29, 0.717) is 0 Å². The van der Waals surface area contributed by atoms with Crippen molar-refractivity contribution < 1.29 is 4.74 Å². The molecule has 2 aliphatic heterocycles. The van der Waals surface area contributed by atoms with Crippen molar-refractivity contribution in [2.75, 3.05) is 26.3 Å². The summed E-state index contributed by atoms with van der Waals surface area (Å²) in [6.45, 7) is 4.47. The van der Waals surface area contributed by atoms with Gasteiger partial charge in [0.1, 0.15) is 0 Å². The molecule has 2 rings (SSSR count). The summed E-state index contributed by atoms with van der Waals surface area (Å²) in [5, 5.41) is 3.39. The Hall–Kier alpha value is -0.0800. The first-order valence-electron chi connectivity index (χ1n) is 4.25. The van der Waals surface area contributed by atoms with Crippen LogP contribution in [0.25, 0.3) is 0 Å². The van der Waals surface area contributed by atoms with Crippen molar-refractivity contribution >= 4 is 0 Å². The van der Waals surface area contributed by atoms with Gasteiger partial charge < -0.3 is 10.1 Å². The molecule has 2 saturated heterocycles. The van der Waals surface area contributed by atoms with Crippen LogP contribution in [-0.4, -0.2) is 26.3 Å². The van der Waals surface area contributed by atoms with Crippen molar-refractivity contribution in [1.82, 2.24) is 5.32 Å². The predicted octanol–water partition coefficient (Wildman–Crippen LogP) is 0.632. The lowest BCUT2D eigenvalue weighted by atomic mass is 9.91. The Bertz CT molecular complexity index is 89.8. The van der Waals surface area contributed by atoms with E-state index in [1.165, 1.54) is 25.9 Å². The third-order valence-corrected chi connectivity index (χ3v) is 2.73. The first-order chi connectivity index (χ1) is 4.97. The predicted molar refractivity (Wildman–Crippen MR) is 39.9 cm³/mol. The molecule has 2 aliphatic rings. The molecular formula is C8H15NO. The van der Waals surface area contributed by atoms with Gasteiger partial charge in [-0.15, -0.1) is 0 Å². The minimum absolute atomic E-state index is 0.870. The standard InChI is InChI=1S/C8H15NO/c1-3-9-5-7(1)8-2-4-10-6-8/h7-9H,1-6H2/t7-,8+/m0/s1. The van der Waals surface area contributed by atoms with E-state index in [2.05, 4.69) is 5.32 Å². The Labute approximate surface area is 61.9 Å². The molecule has 2 atom stereocenters. The molecule has 2 fully saturated rings. The smallest absolute Gasteiger partial charge is 0.0498 e. The molecule has 2 nitrogen and oxygen atoms in total. The fourth-order valence-corrected chi connectivity index (χ4v) is 2.00. The van der Waals surface area contributed by atoms with E-state index in [1.54, 1.807) is 0 Å². The third-order valence-electron chi connectivity index (χ3n) is 2.73. The lowest BCUT2D eigenvalue weighted by Gasteiger charge is -2.13. The molecule has 0 aromatic rings. The molecule has 0 aromatic carbocycles. The van der Waals surface area contributed by atoms with Crippen LogP contribution < -0.4 is 5.32 Å². The Morgan fingerprint density at radius 1 is 1.20 bits per heavy atom. The van der Waals surface area contributed by atoms with Gasteiger partial charge in [0, 0.05) is 13.2 Å². The van der Waals surface area contributed by atoms with Crippen LogP contribution >= 0.6 is 0 Å². The molecule has 58 valence electrons. The summed E-state index contributed by atoms with van der Waals surface area (Å²) in [5.74, 6) is 1.79. The number of ether oxygens (including phenoxy) is 1. The second-order valence-corrected chi connectivity index (χ2v) is 3.38. The first-order valence-corrected chi connectivity index (χ1v) is 4.25. The van der Waals surface area contributed by atoms with Gasteiger partial charge in [-0.3, -0.25) is 0 Å². The topological polar surface area (TPSA) is 21.3 Å². The average Bonchev–Trinajstić information content (AvgIpc) is 2.59. The van der Waals surface area contributed by atoms with Crippen LogP contribution in [0.4, 0.5) is 0 Å². The van der Waals surface area contributed by atoms with Gasteiger partial charge in [-0.1, -0.05) is 0 Å². The molecule has 2 heteroatoms. The summed E-state index contributed by atoms with van der Waals surface area (Å²) in [6.07, 6.45) is 2.67. The van der Waals surface area contributed by atoms with Crippen LogP contribution in [0.2, 0.25) is 0 Å². The van der Waals surface area contributed by atoms with E-state index in [0.717, 1.165) is 25.0 Å². The molecule has 0 amide bonds. The average molecular weight is 141 g/mol. The molecule has 10 heavy (non-hydrogen) atoms. The Balaban J connectivity index is 1.85. The highest BCUT2D eigenvalue weighted by molar-refractivity contribution is 4.80. The first kappa shape index (κ1) is 6.62. The zero-order valence-corrected chi connectivity index (χ0v) is 6.31. The molecule has 0 saturated carbocycles. The van der Waals surface area contributed by atoms with Gasteiger partial charge in [-0.2, -0.15) is 0 Å². The molecule has 0 aliphatic carbocycles. The monoisotopic (exact) mass is 141 g/mol. The van der Waals surface area contributed by atoms with Crippen molar-refractivity contribution in [3.05, 3.63) is 0 Å². The zero-order valence-electron chi connectivity index (χ0n) is 6.31. The highest BCUT2D eigenvalue weighted by Crippen LogP contribution is 2.26. The highest BCUT2D eigenvalue weighted by atomic mass is 16.5. The normalized spacial score (nSPS) is 40.8. The Kier molecular flexibility index (Phi) is 1.91. The fourth-order valence-electron chi connectivity index (χ4n) is 2.00. The summed E-state index contributed by atoms with van der Waals surface area (Å²) >= 11 is 0. The fraction of sp³-hybridized carbons (Fsp3) is 1.00. The molecule has 0 radical (unpaired) electrons. The maximum absolute atomic E-state index is 5.34. The van der Waals surface area contributed by atoms with E-state index >= 15 is 0 Å². The second kappa shape index (κ2) is 2.89. The molecule has 0 aromatic heterocycles. The number of rotatable bonds is 1. The van der Waals surface area contributed by atoms with Crippen molar-refractivity contribution in [1.29, 1.82) is 0 Å². The summed E-state index contributed by atoms with van der Waals surface area (Å²) in [5.41, 5.74) is 0. The van der Waals surface area contributed by atoms with E-state index in [9.17, 15) is 0 Å². The van der Waals surface area contributed by atoms with Crippen molar-refractivity contribution in [3.8, 4) is 0 Å².